The predicted molar refractivity (Wildman–Crippen MR) is 105 cm³/mol. The number of carbonyl (C=O) groups excluding carboxylic acids is 1. The number of aromatic amines is 1. The van der Waals surface area contributed by atoms with Crippen LogP contribution in [0.15, 0.2) is 36.4 Å². The quantitative estimate of drug-likeness (QED) is 0.901. The number of H-pyrrole nitrogens is 1. The molecule has 2 aromatic rings. The van der Waals surface area contributed by atoms with Crippen LogP contribution in [-0.2, 0) is 4.74 Å². The van der Waals surface area contributed by atoms with Gasteiger partial charge in [0.15, 0.2) is 0 Å². The zero-order valence-corrected chi connectivity index (χ0v) is 15.9. The van der Waals surface area contributed by atoms with Crippen LogP contribution >= 0.6 is 0 Å². The zero-order valence-electron chi connectivity index (χ0n) is 15.9. The van der Waals surface area contributed by atoms with Gasteiger partial charge in [-0.05, 0) is 31.7 Å². The number of nitrogens with zero attached hydrogens (tertiary/aromatic N) is 3. The summed E-state index contributed by atoms with van der Waals surface area (Å²) in [6.07, 6.45) is 4.74. The first-order valence-corrected chi connectivity index (χ1v) is 9.91. The van der Waals surface area contributed by atoms with Crippen LogP contribution in [0.3, 0.4) is 0 Å². The van der Waals surface area contributed by atoms with Crippen molar-refractivity contribution in [2.75, 3.05) is 33.3 Å². The van der Waals surface area contributed by atoms with Crippen molar-refractivity contribution in [2.24, 2.45) is 0 Å². The Morgan fingerprint density at radius 3 is 2.44 bits per heavy atom. The Labute approximate surface area is 160 Å². The number of benzene rings is 1. The number of aromatic nitrogens is 2. The van der Waals surface area contributed by atoms with Gasteiger partial charge in [-0.3, -0.25) is 9.89 Å². The highest BCUT2D eigenvalue weighted by Gasteiger charge is 2.30. The van der Waals surface area contributed by atoms with Gasteiger partial charge in [0.1, 0.15) is 5.69 Å². The van der Waals surface area contributed by atoms with Crippen molar-refractivity contribution in [2.45, 2.75) is 37.8 Å². The number of piperidine rings is 2. The highest BCUT2D eigenvalue weighted by molar-refractivity contribution is 5.93. The third-order valence-corrected chi connectivity index (χ3v) is 5.96. The molecule has 6 heteroatoms. The van der Waals surface area contributed by atoms with Crippen molar-refractivity contribution in [1.82, 2.24) is 20.0 Å². The molecule has 2 fully saturated rings. The van der Waals surface area contributed by atoms with E-state index in [4.69, 9.17) is 4.74 Å². The molecule has 0 aliphatic carbocycles. The lowest BCUT2D eigenvalue weighted by molar-refractivity contribution is 0.0145. The van der Waals surface area contributed by atoms with Crippen LogP contribution in [0.1, 0.15) is 36.2 Å². The molecule has 2 aliphatic heterocycles. The van der Waals surface area contributed by atoms with Gasteiger partial charge in [-0.1, -0.05) is 30.3 Å². The molecule has 2 aliphatic rings. The second-order valence-electron chi connectivity index (χ2n) is 7.53. The molecule has 4 rings (SSSR count). The van der Waals surface area contributed by atoms with Crippen molar-refractivity contribution >= 4 is 5.91 Å². The van der Waals surface area contributed by atoms with Crippen LogP contribution in [0.4, 0.5) is 0 Å². The maximum absolute atomic E-state index is 12.8. The van der Waals surface area contributed by atoms with Crippen LogP contribution in [0, 0.1) is 0 Å². The Kier molecular flexibility index (Phi) is 5.55. The normalized spacial score (nSPS) is 20.1. The van der Waals surface area contributed by atoms with E-state index in [2.05, 4.69) is 15.1 Å². The molecule has 27 heavy (non-hydrogen) atoms. The molecular weight excluding hydrogens is 340 g/mol. The van der Waals surface area contributed by atoms with Crippen LogP contribution in [-0.4, -0.2) is 71.3 Å². The van der Waals surface area contributed by atoms with Crippen molar-refractivity contribution in [3.8, 4) is 11.3 Å². The molecule has 0 unspecified atom stereocenters. The minimum Gasteiger partial charge on any atom is -0.381 e. The largest absolute Gasteiger partial charge is 0.381 e. The van der Waals surface area contributed by atoms with E-state index in [1.54, 1.807) is 0 Å². The first-order chi connectivity index (χ1) is 13.2. The van der Waals surface area contributed by atoms with Gasteiger partial charge in [0.25, 0.3) is 5.91 Å². The van der Waals surface area contributed by atoms with E-state index in [1.165, 1.54) is 0 Å². The minimum atomic E-state index is 0.0567. The van der Waals surface area contributed by atoms with E-state index in [-0.39, 0.29) is 5.91 Å². The average Bonchev–Trinajstić information content (AvgIpc) is 3.24. The van der Waals surface area contributed by atoms with Gasteiger partial charge in [0.2, 0.25) is 0 Å². The smallest absolute Gasteiger partial charge is 0.271 e. The third-order valence-electron chi connectivity index (χ3n) is 5.96. The molecule has 6 nitrogen and oxygen atoms in total. The number of nitrogens with one attached hydrogen (secondary N) is 1. The standard InChI is InChI=1S/C21H28N4O2/c1-27-18-9-13-24(14-10-18)17-7-11-25(12-8-17)21(26)20-15-19(22-23-20)16-5-3-2-4-6-16/h2-6,15,17-18H,7-14H2,1H3,(H,22,23). The second kappa shape index (κ2) is 8.23. The molecule has 0 bridgehead atoms. The van der Waals surface area contributed by atoms with E-state index >= 15 is 0 Å². The van der Waals surface area contributed by atoms with E-state index in [9.17, 15) is 4.79 Å². The summed E-state index contributed by atoms with van der Waals surface area (Å²) < 4.78 is 5.47. The summed E-state index contributed by atoms with van der Waals surface area (Å²) in [5, 5.41) is 7.23. The van der Waals surface area contributed by atoms with Crippen molar-refractivity contribution in [3.05, 3.63) is 42.1 Å². The number of methoxy groups -OCH3 is 1. The molecule has 0 saturated carbocycles. The van der Waals surface area contributed by atoms with Crippen LogP contribution in [0.2, 0.25) is 0 Å². The molecule has 0 spiro atoms. The SMILES string of the molecule is COC1CCN(C2CCN(C(=O)c3cc(-c4ccccc4)n[nH]3)CC2)CC1. The van der Waals surface area contributed by atoms with Gasteiger partial charge >= 0.3 is 0 Å². The maximum atomic E-state index is 12.8. The number of hydrogen-bond donors (Lipinski definition) is 1. The minimum absolute atomic E-state index is 0.0567. The number of hydrogen-bond acceptors (Lipinski definition) is 4. The van der Waals surface area contributed by atoms with E-state index < -0.39 is 0 Å². The average molecular weight is 368 g/mol. The van der Waals surface area contributed by atoms with Gasteiger partial charge < -0.3 is 14.5 Å². The van der Waals surface area contributed by atoms with E-state index in [1.807, 2.05) is 48.4 Å². The summed E-state index contributed by atoms with van der Waals surface area (Å²) in [6.45, 7) is 3.84. The van der Waals surface area contributed by atoms with E-state index in [0.717, 1.165) is 63.1 Å². The summed E-state index contributed by atoms with van der Waals surface area (Å²) >= 11 is 0. The van der Waals surface area contributed by atoms with Gasteiger partial charge in [0, 0.05) is 44.9 Å². The highest BCUT2D eigenvalue weighted by atomic mass is 16.5. The number of likely N-dealkylation sites (tertiary alicyclic amines) is 2. The monoisotopic (exact) mass is 368 g/mol. The fraction of sp³-hybridized carbons (Fsp3) is 0.524. The molecule has 1 aromatic heterocycles. The molecule has 1 aromatic carbocycles. The highest BCUT2D eigenvalue weighted by Crippen LogP contribution is 2.23. The summed E-state index contributed by atoms with van der Waals surface area (Å²) in [4.78, 5) is 17.4. The van der Waals surface area contributed by atoms with Crippen LogP contribution < -0.4 is 0 Å². The van der Waals surface area contributed by atoms with Gasteiger partial charge in [-0.15, -0.1) is 0 Å². The van der Waals surface area contributed by atoms with Gasteiger partial charge in [-0.2, -0.15) is 5.10 Å². The predicted octanol–water partition coefficient (Wildman–Crippen LogP) is 2.79. The number of rotatable bonds is 4. The zero-order chi connectivity index (χ0) is 18.6. The molecule has 3 heterocycles. The topological polar surface area (TPSA) is 61.5 Å². The van der Waals surface area contributed by atoms with Gasteiger partial charge in [-0.25, -0.2) is 0 Å². The molecule has 1 N–H and O–H groups in total. The Bertz CT molecular complexity index is 745. The molecule has 1 amide bonds. The molecule has 2 saturated heterocycles. The Balaban J connectivity index is 1.32. The van der Waals surface area contributed by atoms with Crippen molar-refractivity contribution in [1.29, 1.82) is 0 Å². The lowest BCUT2D eigenvalue weighted by atomic mass is 9.98. The van der Waals surface area contributed by atoms with Crippen LogP contribution in [0.5, 0.6) is 0 Å². The lowest BCUT2D eigenvalue weighted by Gasteiger charge is -2.41. The van der Waals surface area contributed by atoms with Crippen LogP contribution in [0.25, 0.3) is 11.3 Å². The third kappa shape index (κ3) is 4.06. The molecule has 0 atom stereocenters. The summed E-state index contributed by atoms with van der Waals surface area (Å²) in [5.74, 6) is 0.0567. The molecular formula is C21H28N4O2. The number of carbonyl (C=O) groups is 1. The molecule has 0 radical (unpaired) electrons. The second-order valence-corrected chi connectivity index (χ2v) is 7.53. The summed E-state index contributed by atoms with van der Waals surface area (Å²) in [7, 11) is 1.81. The van der Waals surface area contributed by atoms with Gasteiger partial charge in [0.05, 0.1) is 11.8 Å². The summed E-state index contributed by atoms with van der Waals surface area (Å²) in [5.41, 5.74) is 2.41. The van der Waals surface area contributed by atoms with Crippen molar-refractivity contribution in [3.63, 3.8) is 0 Å². The molecule has 144 valence electrons. The Morgan fingerprint density at radius 2 is 1.78 bits per heavy atom. The first-order valence-electron chi connectivity index (χ1n) is 9.91. The fourth-order valence-electron chi connectivity index (χ4n) is 4.27. The fourth-order valence-corrected chi connectivity index (χ4v) is 4.27. The van der Waals surface area contributed by atoms with E-state index in [0.29, 0.717) is 17.8 Å². The Morgan fingerprint density at radius 1 is 1.07 bits per heavy atom. The maximum Gasteiger partial charge on any atom is 0.271 e. The lowest BCUT2D eigenvalue weighted by Crippen LogP contribution is -2.49. The van der Waals surface area contributed by atoms with Crippen molar-refractivity contribution < 1.29 is 9.53 Å². The number of ether oxygens (including phenoxy) is 1. The Hall–Kier alpha value is -2.18. The summed E-state index contributed by atoms with van der Waals surface area (Å²) in [6, 6.07) is 12.4. The number of amides is 1. The first kappa shape index (κ1) is 18.2.